The summed E-state index contributed by atoms with van der Waals surface area (Å²) in [5, 5.41) is 0.674. The highest BCUT2D eigenvalue weighted by molar-refractivity contribution is 9.08. The number of alkyl halides is 1. The number of halogens is 4. The number of hydrogen-bond donors (Lipinski definition) is 0. The molecular weight excluding hydrogens is 254 g/mol. The van der Waals surface area contributed by atoms with E-state index in [0.29, 0.717) is 10.9 Å². The van der Waals surface area contributed by atoms with Gasteiger partial charge < -0.3 is 0 Å². The Labute approximate surface area is 82.4 Å². The van der Waals surface area contributed by atoms with Crippen molar-refractivity contribution < 1.29 is 4.39 Å². The Morgan fingerprint density at radius 1 is 1.36 bits per heavy atom. The first-order valence-electron chi connectivity index (χ1n) is 2.85. The summed E-state index contributed by atoms with van der Waals surface area (Å²) in [5.41, 5.74) is 0.513. The van der Waals surface area contributed by atoms with Gasteiger partial charge in [-0.15, -0.1) is 0 Å². The van der Waals surface area contributed by atoms with Crippen LogP contribution >= 0.6 is 39.1 Å². The molecule has 0 atom stereocenters. The molecule has 0 aliphatic heterocycles. The van der Waals surface area contributed by atoms with E-state index in [2.05, 4.69) is 15.9 Å². The van der Waals surface area contributed by atoms with Gasteiger partial charge >= 0.3 is 0 Å². The average molecular weight is 258 g/mol. The summed E-state index contributed by atoms with van der Waals surface area (Å²) >= 11 is 14.2. The minimum absolute atomic E-state index is 0.0105. The third-order valence-corrected chi connectivity index (χ3v) is 2.64. The molecule has 0 nitrogen and oxygen atoms in total. The monoisotopic (exact) mass is 256 g/mol. The van der Waals surface area contributed by atoms with Gasteiger partial charge in [-0.3, -0.25) is 0 Å². The molecule has 0 aromatic heterocycles. The van der Waals surface area contributed by atoms with E-state index in [1.165, 1.54) is 0 Å². The van der Waals surface area contributed by atoms with Gasteiger partial charge in [0.15, 0.2) is 0 Å². The van der Waals surface area contributed by atoms with Crippen LogP contribution in [0, 0.1) is 5.82 Å². The molecule has 0 saturated heterocycles. The largest absolute Gasteiger partial charge is 0.205 e. The summed E-state index contributed by atoms with van der Waals surface area (Å²) in [7, 11) is 0. The SMILES string of the molecule is Fc1c(CBr)ccc(Cl)c1Cl. The van der Waals surface area contributed by atoms with Gasteiger partial charge in [0.2, 0.25) is 0 Å². The van der Waals surface area contributed by atoms with Gasteiger partial charge in [-0.1, -0.05) is 45.2 Å². The minimum Gasteiger partial charge on any atom is -0.205 e. The van der Waals surface area contributed by atoms with Gasteiger partial charge in [0.05, 0.1) is 10.0 Å². The highest BCUT2D eigenvalue weighted by atomic mass is 79.9. The summed E-state index contributed by atoms with van der Waals surface area (Å²) in [5.74, 6) is -0.448. The van der Waals surface area contributed by atoms with E-state index in [-0.39, 0.29) is 10.0 Å². The van der Waals surface area contributed by atoms with Gasteiger partial charge in [-0.05, 0) is 6.07 Å². The highest BCUT2D eigenvalue weighted by Crippen LogP contribution is 2.27. The first-order valence-corrected chi connectivity index (χ1v) is 4.73. The molecule has 1 aromatic rings. The molecule has 1 rings (SSSR count). The molecule has 60 valence electrons. The molecule has 0 amide bonds. The molecule has 0 aliphatic rings. The van der Waals surface area contributed by atoms with Crippen molar-refractivity contribution in [2.75, 3.05) is 0 Å². The van der Waals surface area contributed by atoms with Crippen molar-refractivity contribution in [1.29, 1.82) is 0 Å². The van der Waals surface area contributed by atoms with E-state index in [1.54, 1.807) is 12.1 Å². The van der Waals surface area contributed by atoms with Crippen LogP contribution in [0.2, 0.25) is 10.0 Å². The van der Waals surface area contributed by atoms with Gasteiger partial charge in [0.25, 0.3) is 0 Å². The Kier molecular flexibility index (Phi) is 3.16. The average Bonchev–Trinajstić information content (AvgIpc) is 2.01. The van der Waals surface area contributed by atoms with E-state index in [0.717, 1.165) is 0 Å². The van der Waals surface area contributed by atoms with E-state index >= 15 is 0 Å². The lowest BCUT2D eigenvalue weighted by Gasteiger charge is -2.01. The summed E-state index contributed by atoms with van der Waals surface area (Å²) in [6.07, 6.45) is 0. The Morgan fingerprint density at radius 2 is 2.00 bits per heavy atom. The molecule has 0 fully saturated rings. The van der Waals surface area contributed by atoms with Crippen LogP contribution in [0.4, 0.5) is 4.39 Å². The van der Waals surface area contributed by atoms with Gasteiger partial charge in [-0.25, -0.2) is 4.39 Å². The Morgan fingerprint density at radius 3 is 2.55 bits per heavy atom. The minimum atomic E-state index is -0.448. The lowest BCUT2D eigenvalue weighted by molar-refractivity contribution is 0.618. The first kappa shape index (κ1) is 9.30. The molecule has 11 heavy (non-hydrogen) atoms. The quantitative estimate of drug-likeness (QED) is 0.527. The fourth-order valence-corrected chi connectivity index (χ4v) is 1.43. The predicted octanol–water partition coefficient (Wildman–Crippen LogP) is 4.03. The van der Waals surface area contributed by atoms with Crippen molar-refractivity contribution in [3.63, 3.8) is 0 Å². The maximum atomic E-state index is 13.0. The van der Waals surface area contributed by atoms with Gasteiger partial charge in [0.1, 0.15) is 5.82 Å². The zero-order valence-corrected chi connectivity index (χ0v) is 8.47. The van der Waals surface area contributed by atoms with Crippen molar-refractivity contribution in [1.82, 2.24) is 0 Å². The van der Waals surface area contributed by atoms with E-state index in [9.17, 15) is 4.39 Å². The molecule has 1 aromatic carbocycles. The van der Waals surface area contributed by atoms with Crippen LogP contribution in [-0.4, -0.2) is 0 Å². The molecule has 0 aliphatic carbocycles. The standard InChI is InChI=1S/C7H4BrCl2F/c8-3-4-1-2-5(9)6(10)7(4)11/h1-2H,3H2. The Balaban J connectivity index is 3.25. The van der Waals surface area contributed by atoms with Crippen molar-refractivity contribution in [2.45, 2.75) is 5.33 Å². The third-order valence-electron chi connectivity index (χ3n) is 1.26. The molecule has 0 heterocycles. The zero-order chi connectivity index (χ0) is 8.43. The Bertz CT molecular complexity index is 275. The van der Waals surface area contributed by atoms with Crippen LogP contribution in [0.1, 0.15) is 5.56 Å². The third kappa shape index (κ3) is 1.86. The second-order valence-electron chi connectivity index (χ2n) is 1.97. The highest BCUT2D eigenvalue weighted by Gasteiger charge is 2.08. The maximum absolute atomic E-state index is 13.0. The van der Waals surface area contributed by atoms with Crippen LogP contribution in [-0.2, 0) is 5.33 Å². The zero-order valence-electron chi connectivity index (χ0n) is 5.37. The van der Waals surface area contributed by atoms with Gasteiger partial charge in [-0.2, -0.15) is 0 Å². The smallest absolute Gasteiger partial charge is 0.147 e. The van der Waals surface area contributed by atoms with Crippen LogP contribution in [0.15, 0.2) is 12.1 Å². The molecule has 4 heteroatoms. The normalized spacial score (nSPS) is 10.2. The van der Waals surface area contributed by atoms with Crippen LogP contribution in [0.3, 0.4) is 0 Å². The van der Waals surface area contributed by atoms with E-state index < -0.39 is 5.82 Å². The first-order chi connectivity index (χ1) is 5.16. The second-order valence-corrected chi connectivity index (χ2v) is 3.31. The lowest BCUT2D eigenvalue weighted by Crippen LogP contribution is -1.86. The van der Waals surface area contributed by atoms with E-state index in [4.69, 9.17) is 23.2 Å². The summed E-state index contributed by atoms with van der Waals surface area (Å²) < 4.78 is 13.0. The molecule has 0 bridgehead atoms. The second kappa shape index (κ2) is 3.74. The molecule has 0 N–H and O–H groups in total. The van der Waals surface area contributed by atoms with Crippen molar-refractivity contribution >= 4 is 39.1 Å². The summed E-state index contributed by atoms with van der Waals surface area (Å²) in [4.78, 5) is 0. The lowest BCUT2D eigenvalue weighted by atomic mass is 10.2. The predicted molar refractivity (Wildman–Crippen MR) is 49.1 cm³/mol. The number of hydrogen-bond acceptors (Lipinski definition) is 0. The van der Waals surface area contributed by atoms with Gasteiger partial charge in [0, 0.05) is 10.9 Å². The van der Waals surface area contributed by atoms with E-state index in [1.807, 2.05) is 0 Å². The molecule has 0 unspecified atom stereocenters. The van der Waals surface area contributed by atoms with Crippen molar-refractivity contribution in [3.05, 3.63) is 33.6 Å². The maximum Gasteiger partial charge on any atom is 0.147 e. The summed E-state index contributed by atoms with van der Waals surface area (Å²) in [6, 6.07) is 3.17. The fraction of sp³-hybridized carbons (Fsp3) is 0.143. The van der Waals surface area contributed by atoms with Crippen LogP contribution in [0.25, 0.3) is 0 Å². The Hall–Kier alpha value is 0.210. The number of benzene rings is 1. The molecule has 0 radical (unpaired) electrons. The van der Waals surface area contributed by atoms with Crippen molar-refractivity contribution in [3.8, 4) is 0 Å². The van der Waals surface area contributed by atoms with Crippen LogP contribution < -0.4 is 0 Å². The summed E-state index contributed by atoms with van der Waals surface area (Å²) in [6.45, 7) is 0. The molecule has 0 saturated carbocycles. The number of rotatable bonds is 1. The molecule has 0 spiro atoms. The van der Waals surface area contributed by atoms with Crippen molar-refractivity contribution in [2.24, 2.45) is 0 Å². The molecular formula is C7H4BrCl2F. The van der Waals surface area contributed by atoms with Crippen LogP contribution in [0.5, 0.6) is 0 Å². The topological polar surface area (TPSA) is 0 Å². The fourth-order valence-electron chi connectivity index (χ4n) is 0.669.